The lowest BCUT2D eigenvalue weighted by molar-refractivity contribution is -0.120. The van der Waals surface area contributed by atoms with Gasteiger partial charge in [-0.1, -0.05) is 0 Å². The fourth-order valence-corrected chi connectivity index (χ4v) is 2.73. The number of carboxylic acid groups (broad SMARTS) is 1. The summed E-state index contributed by atoms with van der Waals surface area (Å²) < 4.78 is 12.3. The van der Waals surface area contributed by atoms with Gasteiger partial charge in [0.15, 0.2) is 0 Å². The van der Waals surface area contributed by atoms with Crippen molar-refractivity contribution < 1.29 is 18.9 Å². The normalized spacial score (nSPS) is 11.9. The predicted octanol–water partition coefficient (Wildman–Crippen LogP) is 1.39. The molecule has 0 saturated heterocycles. The lowest BCUT2D eigenvalue weighted by Crippen LogP contribution is -2.19. The second-order valence-corrected chi connectivity index (χ2v) is 5.84. The number of carbonyl (C=O) groups excluding carboxylic acids is 1. The Morgan fingerprint density at radius 3 is 2.67 bits per heavy atom. The Kier molecular flexibility index (Phi) is 5.49. The van der Waals surface area contributed by atoms with Crippen LogP contribution in [0.2, 0.25) is 0 Å². The molecular weight excluding hydrogens is 322 g/mol. The quantitative estimate of drug-likeness (QED) is 0.852. The van der Waals surface area contributed by atoms with Crippen LogP contribution in [0.4, 0.5) is 0 Å². The largest absolute Gasteiger partial charge is 0.478 e. The highest BCUT2D eigenvalue weighted by molar-refractivity contribution is 9.10. The smallest absolute Gasteiger partial charge is 0.336 e. The van der Waals surface area contributed by atoms with E-state index in [4.69, 9.17) is 5.11 Å². The fourth-order valence-electron chi connectivity index (χ4n) is 1.24. The summed E-state index contributed by atoms with van der Waals surface area (Å²) in [5.41, 5.74) is 0.0563. The van der Waals surface area contributed by atoms with Crippen molar-refractivity contribution in [3.05, 3.63) is 28.2 Å². The van der Waals surface area contributed by atoms with Crippen molar-refractivity contribution >= 4 is 38.6 Å². The van der Waals surface area contributed by atoms with Gasteiger partial charge in [0.1, 0.15) is 0 Å². The third-order valence-corrected chi connectivity index (χ3v) is 4.27. The molecule has 1 amide bonds. The van der Waals surface area contributed by atoms with Gasteiger partial charge in [0.2, 0.25) is 5.91 Å². The van der Waals surface area contributed by atoms with Crippen LogP contribution >= 0.6 is 15.9 Å². The lowest BCUT2D eigenvalue weighted by atomic mass is 10.2. The first-order valence-corrected chi connectivity index (χ1v) is 7.18. The van der Waals surface area contributed by atoms with Crippen molar-refractivity contribution in [2.45, 2.75) is 11.3 Å². The molecule has 0 saturated carbocycles. The molecule has 0 aliphatic rings. The summed E-state index contributed by atoms with van der Waals surface area (Å²) in [6.07, 6.45) is 0.140. The highest BCUT2D eigenvalue weighted by Crippen LogP contribution is 2.20. The molecule has 5 nitrogen and oxygen atoms in total. The number of hydrogen-bond donors (Lipinski definition) is 2. The summed E-state index contributed by atoms with van der Waals surface area (Å²) in [7, 11) is 0.122. The maximum absolute atomic E-state index is 11.9. The number of halogens is 1. The monoisotopic (exact) mass is 333 g/mol. The van der Waals surface area contributed by atoms with Crippen LogP contribution in [0.15, 0.2) is 27.6 Å². The summed E-state index contributed by atoms with van der Waals surface area (Å²) in [5.74, 6) is -1.12. The van der Waals surface area contributed by atoms with E-state index in [9.17, 15) is 13.8 Å². The van der Waals surface area contributed by atoms with E-state index in [2.05, 4.69) is 21.2 Å². The van der Waals surface area contributed by atoms with Gasteiger partial charge in [-0.05, 0) is 34.1 Å². The van der Waals surface area contributed by atoms with Gasteiger partial charge >= 0.3 is 5.97 Å². The molecule has 0 aromatic heterocycles. The van der Waals surface area contributed by atoms with E-state index in [1.807, 2.05) is 0 Å². The van der Waals surface area contributed by atoms with Gasteiger partial charge in [-0.3, -0.25) is 9.00 Å². The van der Waals surface area contributed by atoms with Crippen LogP contribution in [0.25, 0.3) is 0 Å². The first-order valence-electron chi connectivity index (χ1n) is 5.07. The first kappa shape index (κ1) is 14.8. The maximum Gasteiger partial charge on any atom is 0.336 e. The number of nitrogens with one attached hydrogen (secondary N) is 1. The molecule has 0 heterocycles. The van der Waals surface area contributed by atoms with Gasteiger partial charge in [0.05, 0.1) is 16.4 Å². The van der Waals surface area contributed by atoms with Crippen molar-refractivity contribution in [2.75, 3.05) is 12.8 Å². The number of benzene rings is 1. The number of amides is 1. The predicted molar refractivity (Wildman–Crippen MR) is 71.1 cm³/mol. The molecule has 1 unspecified atom stereocenters. The molecule has 1 aromatic rings. The average Bonchev–Trinajstić information content (AvgIpc) is 2.35. The zero-order chi connectivity index (χ0) is 13.7. The molecule has 0 aliphatic heterocycles. The van der Waals surface area contributed by atoms with Gasteiger partial charge in [0, 0.05) is 28.6 Å². The van der Waals surface area contributed by atoms with Gasteiger partial charge in [-0.2, -0.15) is 0 Å². The molecule has 0 spiro atoms. The summed E-state index contributed by atoms with van der Waals surface area (Å²) in [5, 5.41) is 11.4. The third kappa shape index (κ3) is 3.92. The van der Waals surface area contributed by atoms with Crippen molar-refractivity contribution in [1.29, 1.82) is 0 Å². The molecule has 0 radical (unpaired) electrons. The number of rotatable bonds is 5. The van der Waals surface area contributed by atoms with Gasteiger partial charge in [-0.15, -0.1) is 0 Å². The van der Waals surface area contributed by atoms with Crippen molar-refractivity contribution in [1.82, 2.24) is 5.32 Å². The van der Waals surface area contributed by atoms with E-state index in [1.54, 1.807) is 6.07 Å². The van der Waals surface area contributed by atoms with Gasteiger partial charge in [-0.25, -0.2) is 4.79 Å². The number of carboxylic acids is 1. The number of aromatic carboxylic acids is 1. The molecule has 1 aromatic carbocycles. The molecule has 0 fully saturated rings. The van der Waals surface area contributed by atoms with E-state index in [1.165, 1.54) is 19.2 Å². The van der Waals surface area contributed by atoms with E-state index in [0.29, 0.717) is 9.37 Å². The minimum absolute atomic E-state index is 0.0563. The van der Waals surface area contributed by atoms with Crippen LogP contribution in [0.1, 0.15) is 16.8 Å². The zero-order valence-corrected chi connectivity index (χ0v) is 12.0. The van der Waals surface area contributed by atoms with E-state index in [-0.39, 0.29) is 23.6 Å². The summed E-state index contributed by atoms with van der Waals surface area (Å²) in [6.45, 7) is 0. The van der Waals surface area contributed by atoms with E-state index < -0.39 is 16.8 Å². The molecule has 18 heavy (non-hydrogen) atoms. The zero-order valence-electron chi connectivity index (χ0n) is 9.60. The van der Waals surface area contributed by atoms with Crippen molar-refractivity contribution in [3.63, 3.8) is 0 Å². The molecule has 2 N–H and O–H groups in total. The summed E-state index contributed by atoms with van der Waals surface area (Å²) in [4.78, 5) is 22.3. The Morgan fingerprint density at radius 2 is 2.11 bits per heavy atom. The average molecular weight is 334 g/mol. The third-order valence-electron chi connectivity index (χ3n) is 2.22. The van der Waals surface area contributed by atoms with E-state index in [0.717, 1.165) is 0 Å². The molecule has 7 heteroatoms. The molecule has 98 valence electrons. The molecule has 1 atom stereocenters. The standard InChI is InChI=1S/C11H12BrNO4S/c1-13-10(14)4-5-18(17)7-2-3-9(12)8(6-7)11(15)16/h2-3,6H,4-5H2,1H3,(H,13,14)(H,15,16). The molecular formula is C11H12BrNO4S. The summed E-state index contributed by atoms with van der Waals surface area (Å²) >= 11 is 3.11. The Hall–Kier alpha value is -1.21. The topological polar surface area (TPSA) is 83.5 Å². The SMILES string of the molecule is CNC(=O)CCS(=O)c1ccc(Br)c(C(=O)O)c1. The van der Waals surface area contributed by atoms with Crippen molar-refractivity contribution in [3.8, 4) is 0 Å². The minimum atomic E-state index is -1.39. The maximum atomic E-state index is 11.9. The minimum Gasteiger partial charge on any atom is -0.478 e. The highest BCUT2D eigenvalue weighted by atomic mass is 79.9. The highest BCUT2D eigenvalue weighted by Gasteiger charge is 2.13. The number of hydrogen-bond acceptors (Lipinski definition) is 3. The Balaban J connectivity index is 2.84. The number of carbonyl (C=O) groups is 2. The molecule has 1 rings (SSSR count). The first-order chi connectivity index (χ1) is 8.45. The van der Waals surface area contributed by atoms with Crippen LogP contribution in [0.5, 0.6) is 0 Å². The van der Waals surface area contributed by atoms with Crippen LogP contribution in [0.3, 0.4) is 0 Å². The molecule has 0 bridgehead atoms. The summed E-state index contributed by atoms with van der Waals surface area (Å²) in [6, 6.07) is 4.47. The van der Waals surface area contributed by atoms with Gasteiger partial charge in [0.25, 0.3) is 0 Å². The fraction of sp³-hybridized carbons (Fsp3) is 0.273. The van der Waals surface area contributed by atoms with E-state index >= 15 is 0 Å². The Labute approximate surface area is 115 Å². The van der Waals surface area contributed by atoms with Crippen molar-refractivity contribution in [2.24, 2.45) is 0 Å². The second-order valence-electron chi connectivity index (χ2n) is 3.42. The van der Waals surface area contributed by atoms with Crippen LogP contribution in [-0.2, 0) is 15.6 Å². The Morgan fingerprint density at radius 1 is 1.44 bits per heavy atom. The van der Waals surface area contributed by atoms with Crippen LogP contribution < -0.4 is 5.32 Å². The molecule has 0 aliphatic carbocycles. The Bertz CT molecular complexity index is 504. The lowest BCUT2D eigenvalue weighted by Gasteiger charge is -2.05. The second kappa shape index (κ2) is 6.65. The van der Waals surface area contributed by atoms with Gasteiger partial charge < -0.3 is 10.4 Å². The van der Waals surface area contributed by atoms with Crippen LogP contribution in [0, 0.1) is 0 Å². The van der Waals surface area contributed by atoms with Crippen LogP contribution in [-0.4, -0.2) is 34.0 Å².